The van der Waals surface area contributed by atoms with Crippen LogP contribution >= 0.6 is 0 Å². The number of hydrogen-bond acceptors (Lipinski definition) is 4. The third-order valence-electron chi connectivity index (χ3n) is 2.59. The normalized spacial score (nSPS) is 12.3. The van der Waals surface area contributed by atoms with Crippen molar-refractivity contribution in [3.8, 4) is 5.75 Å². The average molecular weight is 249 g/mol. The van der Waals surface area contributed by atoms with Crippen molar-refractivity contribution in [2.45, 2.75) is 12.3 Å². The molecular formula is C13H15NO4. The summed E-state index contributed by atoms with van der Waals surface area (Å²) in [5.41, 5.74) is 0.864. The zero-order chi connectivity index (χ0) is 13.4. The van der Waals surface area contributed by atoms with E-state index in [1.807, 2.05) is 12.1 Å². The highest BCUT2D eigenvalue weighted by Crippen LogP contribution is 2.23. The van der Waals surface area contributed by atoms with Crippen LogP contribution in [0.15, 0.2) is 36.4 Å². The number of carbonyl (C=O) groups is 1. The van der Waals surface area contributed by atoms with Crippen LogP contribution in [-0.2, 0) is 4.79 Å². The minimum Gasteiger partial charge on any atom is -0.497 e. The highest BCUT2D eigenvalue weighted by atomic mass is 16.6. The summed E-state index contributed by atoms with van der Waals surface area (Å²) in [5, 5.41) is 10.6. The van der Waals surface area contributed by atoms with Gasteiger partial charge in [0.2, 0.25) is 6.54 Å². The topological polar surface area (TPSA) is 69.4 Å². The van der Waals surface area contributed by atoms with E-state index in [4.69, 9.17) is 4.74 Å². The van der Waals surface area contributed by atoms with Gasteiger partial charge in [0.1, 0.15) is 12.0 Å². The predicted molar refractivity (Wildman–Crippen MR) is 67.4 cm³/mol. The van der Waals surface area contributed by atoms with E-state index in [1.165, 1.54) is 6.08 Å². The molecule has 0 fully saturated rings. The predicted octanol–water partition coefficient (Wildman–Crippen LogP) is 2.20. The standard InChI is InChI=1S/C13H15NO4/c1-18-13-7-5-11(6-8-13)12(10-14(16)17)4-2-3-9-15/h2-3,5-9,12H,4,10H2,1H3/b3-2+. The molecule has 1 aromatic rings. The summed E-state index contributed by atoms with van der Waals surface area (Å²) < 4.78 is 5.03. The second-order valence-corrected chi connectivity index (χ2v) is 3.79. The van der Waals surface area contributed by atoms with Gasteiger partial charge in [0.25, 0.3) is 0 Å². The van der Waals surface area contributed by atoms with Crippen LogP contribution in [0.2, 0.25) is 0 Å². The van der Waals surface area contributed by atoms with Gasteiger partial charge in [-0.25, -0.2) is 0 Å². The second-order valence-electron chi connectivity index (χ2n) is 3.79. The minimum atomic E-state index is -0.344. The molecule has 0 aliphatic carbocycles. The minimum absolute atomic E-state index is 0.157. The van der Waals surface area contributed by atoms with E-state index < -0.39 is 0 Å². The fourth-order valence-electron chi connectivity index (χ4n) is 1.67. The van der Waals surface area contributed by atoms with Crippen LogP contribution in [0, 0.1) is 10.1 Å². The Hall–Kier alpha value is -2.17. The van der Waals surface area contributed by atoms with Crippen LogP contribution in [0.25, 0.3) is 0 Å². The number of hydrogen-bond donors (Lipinski definition) is 0. The molecule has 0 saturated carbocycles. The molecule has 96 valence electrons. The van der Waals surface area contributed by atoms with Crippen LogP contribution < -0.4 is 4.74 Å². The van der Waals surface area contributed by atoms with E-state index in [0.29, 0.717) is 18.5 Å². The van der Waals surface area contributed by atoms with Crippen molar-refractivity contribution in [1.82, 2.24) is 0 Å². The van der Waals surface area contributed by atoms with Gasteiger partial charge in [0.05, 0.1) is 13.0 Å². The summed E-state index contributed by atoms with van der Waals surface area (Å²) in [6.07, 6.45) is 4.13. The van der Waals surface area contributed by atoms with Crippen LogP contribution in [0.1, 0.15) is 17.9 Å². The molecule has 1 aromatic carbocycles. The Labute approximate surface area is 105 Å². The molecule has 5 heteroatoms. The first-order chi connectivity index (χ1) is 8.67. The molecular weight excluding hydrogens is 234 g/mol. The van der Waals surface area contributed by atoms with Gasteiger partial charge in [-0.05, 0) is 30.2 Å². The zero-order valence-corrected chi connectivity index (χ0v) is 10.1. The molecule has 0 heterocycles. The summed E-state index contributed by atoms with van der Waals surface area (Å²) in [5.74, 6) is 0.476. The van der Waals surface area contributed by atoms with Gasteiger partial charge >= 0.3 is 0 Å². The number of aldehydes is 1. The highest BCUT2D eigenvalue weighted by Gasteiger charge is 2.16. The lowest BCUT2D eigenvalue weighted by Crippen LogP contribution is -2.12. The van der Waals surface area contributed by atoms with Crippen LogP contribution in [0.5, 0.6) is 5.75 Å². The zero-order valence-electron chi connectivity index (χ0n) is 10.1. The molecule has 0 aliphatic heterocycles. The largest absolute Gasteiger partial charge is 0.497 e. The number of carbonyl (C=O) groups excluding carboxylic acids is 1. The van der Waals surface area contributed by atoms with Crippen molar-refractivity contribution in [2.75, 3.05) is 13.7 Å². The van der Waals surface area contributed by atoms with Gasteiger partial charge in [0, 0.05) is 4.92 Å². The van der Waals surface area contributed by atoms with Gasteiger partial charge in [-0.2, -0.15) is 0 Å². The third-order valence-corrected chi connectivity index (χ3v) is 2.59. The van der Waals surface area contributed by atoms with Crippen LogP contribution in [0.4, 0.5) is 0 Å². The lowest BCUT2D eigenvalue weighted by atomic mass is 9.95. The third kappa shape index (κ3) is 4.37. The van der Waals surface area contributed by atoms with Crippen molar-refractivity contribution in [1.29, 1.82) is 0 Å². The van der Waals surface area contributed by atoms with E-state index in [-0.39, 0.29) is 17.4 Å². The van der Waals surface area contributed by atoms with Crippen molar-refractivity contribution < 1.29 is 14.5 Å². The molecule has 0 aromatic heterocycles. The molecule has 1 rings (SSSR count). The monoisotopic (exact) mass is 249 g/mol. The maximum Gasteiger partial charge on any atom is 0.210 e. The van der Waals surface area contributed by atoms with Gasteiger partial charge < -0.3 is 4.74 Å². The lowest BCUT2D eigenvalue weighted by molar-refractivity contribution is -0.483. The van der Waals surface area contributed by atoms with E-state index in [2.05, 4.69) is 0 Å². The Morgan fingerprint density at radius 2 is 2.06 bits per heavy atom. The molecule has 0 spiro atoms. The fraction of sp³-hybridized carbons (Fsp3) is 0.308. The lowest BCUT2D eigenvalue weighted by Gasteiger charge is -2.11. The van der Waals surface area contributed by atoms with E-state index >= 15 is 0 Å². The van der Waals surface area contributed by atoms with Crippen molar-refractivity contribution in [3.05, 3.63) is 52.1 Å². The molecule has 18 heavy (non-hydrogen) atoms. The average Bonchev–Trinajstić information content (AvgIpc) is 2.37. The van der Waals surface area contributed by atoms with Crippen LogP contribution in [-0.4, -0.2) is 24.9 Å². The molecule has 0 radical (unpaired) electrons. The van der Waals surface area contributed by atoms with Crippen molar-refractivity contribution in [3.63, 3.8) is 0 Å². The summed E-state index contributed by atoms with van der Waals surface area (Å²) in [6, 6.07) is 7.15. The van der Waals surface area contributed by atoms with Crippen molar-refractivity contribution in [2.24, 2.45) is 0 Å². The van der Waals surface area contributed by atoms with E-state index in [0.717, 1.165) is 5.56 Å². The smallest absolute Gasteiger partial charge is 0.210 e. The Morgan fingerprint density at radius 3 is 2.56 bits per heavy atom. The molecule has 1 atom stereocenters. The summed E-state index contributed by atoms with van der Waals surface area (Å²) in [4.78, 5) is 20.5. The Kier molecular flexibility index (Phi) is 5.57. The number of allylic oxidation sites excluding steroid dienone is 2. The van der Waals surface area contributed by atoms with Crippen LogP contribution in [0.3, 0.4) is 0 Å². The number of nitrogens with zero attached hydrogens (tertiary/aromatic N) is 1. The molecule has 0 amide bonds. The van der Waals surface area contributed by atoms with Gasteiger partial charge in [-0.3, -0.25) is 14.9 Å². The summed E-state index contributed by atoms with van der Waals surface area (Å²) >= 11 is 0. The number of nitro groups is 1. The van der Waals surface area contributed by atoms with E-state index in [1.54, 1.807) is 25.3 Å². The number of methoxy groups -OCH3 is 1. The van der Waals surface area contributed by atoms with Gasteiger partial charge in [-0.15, -0.1) is 0 Å². The van der Waals surface area contributed by atoms with Crippen molar-refractivity contribution >= 4 is 6.29 Å². The summed E-state index contributed by atoms with van der Waals surface area (Å²) in [6.45, 7) is -0.157. The number of rotatable bonds is 7. The SMILES string of the molecule is COc1ccc(C(C/C=C/C=O)C[N+](=O)[O-])cc1. The first-order valence-corrected chi connectivity index (χ1v) is 5.53. The van der Waals surface area contributed by atoms with E-state index in [9.17, 15) is 14.9 Å². The Morgan fingerprint density at radius 1 is 1.39 bits per heavy atom. The number of benzene rings is 1. The maximum atomic E-state index is 10.6. The molecule has 0 saturated heterocycles. The fourth-order valence-corrected chi connectivity index (χ4v) is 1.67. The molecule has 0 aliphatic rings. The molecule has 0 N–H and O–H groups in total. The first kappa shape index (κ1) is 13.9. The van der Waals surface area contributed by atoms with Gasteiger partial charge in [0.15, 0.2) is 0 Å². The first-order valence-electron chi connectivity index (χ1n) is 5.53. The molecule has 0 bridgehead atoms. The molecule has 1 unspecified atom stereocenters. The number of ether oxygens (including phenoxy) is 1. The van der Waals surface area contributed by atoms with Gasteiger partial charge in [-0.1, -0.05) is 18.2 Å². The summed E-state index contributed by atoms with van der Waals surface area (Å²) in [7, 11) is 1.57. The highest BCUT2D eigenvalue weighted by molar-refractivity contribution is 5.64. The molecule has 5 nitrogen and oxygen atoms in total. The quantitative estimate of drug-likeness (QED) is 0.321. The second kappa shape index (κ2) is 7.21. The maximum absolute atomic E-state index is 10.6. The Balaban J connectivity index is 2.82. The Bertz CT molecular complexity index is 425.